The topological polar surface area (TPSA) is 171 Å². The summed E-state index contributed by atoms with van der Waals surface area (Å²) in [5.74, 6) is -3.18. The number of nitrogens with one attached hydrogen (secondary N) is 2. The number of halogens is 1. The first-order valence-corrected chi connectivity index (χ1v) is 17.8. The molecule has 1 saturated carbocycles. The first kappa shape index (κ1) is 34.5. The summed E-state index contributed by atoms with van der Waals surface area (Å²) < 4.78 is 38.6. The fourth-order valence-electron chi connectivity index (χ4n) is 7.02. The van der Waals surface area contributed by atoms with Gasteiger partial charge in [-0.05, 0) is 74.6 Å². The predicted octanol–water partition coefficient (Wildman–Crippen LogP) is 1.20. The lowest BCUT2D eigenvalue weighted by molar-refractivity contribution is -0.145. The Labute approximate surface area is 273 Å². The van der Waals surface area contributed by atoms with Crippen molar-refractivity contribution in [2.75, 3.05) is 45.2 Å². The number of carbonyl (C=O) groups excluding carboxylic acids is 3. The molecule has 1 aromatic carbocycles. The minimum absolute atomic E-state index is 0.00490. The molecule has 15 heteroatoms. The number of amides is 3. The molecule has 13 nitrogen and oxygen atoms in total. The van der Waals surface area contributed by atoms with E-state index in [-0.39, 0.29) is 41.7 Å². The van der Waals surface area contributed by atoms with E-state index in [1.807, 2.05) is 0 Å². The maximum Gasteiger partial charge on any atom is 0.311 e. The maximum atomic E-state index is 13.8. The van der Waals surface area contributed by atoms with Crippen LogP contribution >= 0.6 is 0 Å². The molecule has 256 valence electrons. The zero-order chi connectivity index (χ0) is 34.1. The Bertz CT molecular complexity index is 1720. The molecule has 1 aromatic heterocycles. The maximum absolute atomic E-state index is 13.8. The van der Waals surface area contributed by atoms with Crippen LogP contribution in [0.25, 0.3) is 0 Å². The van der Waals surface area contributed by atoms with Crippen molar-refractivity contribution in [2.45, 2.75) is 70.5 Å². The molecule has 1 aliphatic carbocycles. The average Bonchev–Trinajstić information content (AvgIpc) is 3.24. The van der Waals surface area contributed by atoms with Crippen molar-refractivity contribution in [1.82, 2.24) is 30.0 Å². The quantitative estimate of drug-likeness (QED) is 0.261. The average molecular weight is 675 g/mol. The number of likely N-dealkylation sites (N-methyl/N-ethyl adjacent to an activating group) is 1. The number of hydrogen-bond donors (Lipinski definition) is 3. The van der Waals surface area contributed by atoms with Gasteiger partial charge in [0.2, 0.25) is 5.75 Å². The fourth-order valence-corrected chi connectivity index (χ4v) is 8.29. The van der Waals surface area contributed by atoms with Crippen LogP contribution in [0, 0.1) is 18.2 Å². The van der Waals surface area contributed by atoms with Gasteiger partial charge in [-0.25, -0.2) is 17.8 Å². The van der Waals surface area contributed by atoms with Gasteiger partial charge in [-0.2, -0.15) is 0 Å². The highest BCUT2D eigenvalue weighted by Crippen LogP contribution is 2.51. The van der Waals surface area contributed by atoms with Crippen molar-refractivity contribution in [3.8, 4) is 5.75 Å². The highest BCUT2D eigenvalue weighted by molar-refractivity contribution is 7.91. The molecule has 0 atom stereocenters. The van der Waals surface area contributed by atoms with Crippen molar-refractivity contribution in [1.29, 1.82) is 0 Å². The van der Waals surface area contributed by atoms with Crippen LogP contribution in [0.15, 0.2) is 23.0 Å². The standard InChI is InChI=1S/C32H43FN6O7S/c1-21-18-22(6-7-23(21)33)19-34-26(41)24-25(40)28(43)39-20-31(8-4-5-13-38-14-16-47(45,46)17-15-38)9-11-32(12-10-31,30(39)35-24)36-27(42)29(44)37(2)3/h6-7,18,40H,4-5,8-17,19-20H2,1-3H3,(H,34,41)(H,36,42). The Kier molecular flexibility index (Phi) is 9.79. The number of sulfone groups is 1. The van der Waals surface area contributed by atoms with Gasteiger partial charge in [0, 0.05) is 40.3 Å². The van der Waals surface area contributed by atoms with Crippen LogP contribution in [-0.4, -0.2) is 95.8 Å². The predicted molar refractivity (Wildman–Crippen MR) is 171 cm³/mol. The number of aryl methyl sites for hydroxylation is 1. The third-order valence-corrected chi connectivity index (χ3v) is 11.6. The SMILES string of the molecule is Cc1cc(CNC(=O)c2nc3n(c(=O)c2O)CC2(CCCCN4CCS(=O)(=O)CC4)CCC3(NC(=O)C(=O)N(C)C)CC2)ccc1F. The summed E-state index contributed by atoms with van der Waals surface area (Å²) in [6, 6.07) is 4.38. The smallest absolute Gasteiger partial charge is 0.311 e. The van der Waals surface area contributed by atoms with E-state index in [0.717, 1.165) is 30.7 Å². The summed E-state index contributed by atoms with van der Waals surface area (Å²) in [5.41, 5.74) is -1.86. The first-order valence-electron chi connectivity index (χ1n) is 16.0. The van der Waals surface area contributed by atoms with Crippen molar-refractivity contribution in [2.24, 2.45) is 5.41 Å². The van der Waals surface area contributed by atoms with Crippen LogP contribution in [0.4, 0.5) is 4.39 Å². The largest absolute Gasteiger partial charge is 0.501 e. The monoisotopic (exact) mass is 674 g/mol. The molecule has 4 heterocycles. The summed E-state index contributed by atoms with van der Waals surface area (Å²) in [7, 11) is -0.0371. The Morgan fingerprint density at radius 1 is 1.09 bits per heavy atom. The molecule has 3 aliphatic heterocycles. The zero-order valence-electron chi connectivity index (χ0n) is 27.1. The third kappa shape index (κ3) is 7.35. The summed E-state index contributed by atoms with van der Waals surface area (Å²) in [6.45, 7) is 3.63. The molecule has 2 aromatic rings. The number of unbranched alkanes of at least 4 members (excludes halogenated alkanes) is 1. The van der Waals surface area contributed by atoms with E-state index in [9.17, 15) is 37.1 Å². The van der Waals surface area contributed by atoms with Gasteiger partial charge in [-0.1, -0.05) is 18.6 Å². The molecule has 0 unspecified atom stereocenters. The molecule has 47 heavy (non-hydrogen) atoms. The highest BCUT2D eigenvalue weighted by Gasteiger charge is 2.51. The summed E-state index contributed by atoms with van der Waals surface area (Å²) >= 11 is 0. The van der Waals surface area contributed by atoms with Crippen molar-refractivity contribution >= 4 is 27.6 Å². The number of aromatic hydroxyl groups is 1. The van der Waals surface area contributed by atoms with E-state index >= 15 is 0 Å². The number of hydrogen-bond acceptors (Lipinski definition) is 9. The number of aromatic nitrogens is 2. The molecule has 0 radical (unpaired) electrons. The number of carbonyl (C=O) groups is 3. The van der Waals surface area contributed by atoms with E-state index in [4.69, 9.17) is 0 Å². The van der Waals surface area contributed by atoms with Crippen LogP contribution in [0.5, 0.6) is 5.75 Å². The number of fused-ring (bicyclic) bond motifs is 2. The Morgan fingerprint density at radius 3 is 2.40 bits per heavy atom. The molecule has 4 aliphatic rings. The summed E-state index contributed by atoms with van der Waals surface area (Å²) in [6.07, 6.45) is 4.40. The van der Waals surface area contributed by atoms with E-state index < -0.39 is 50.1 Å². The van der Waals surface area contributed by atoms with Gasteiger partial charge < -0.3 is 25.5 Å². The van der Waals surface area contributed by atoms with Gasteiger partial charge in [0.15, 0.2) is 15.5 Å². The molecule has 3 amide bonds. The molecule has 1 saturated heterocycles. The molecule has 2 bridgehead atoms. The minimum atomic E-state index is -2.96. The number of rotatable bonds is 9. The molecule has 6 rings (SSSR count). The normalized spacial score (nSPS) is 23.4. The van der Waals surface area contributed by atoms with Gasteiger partial charge in [0.05, 0.1) is 17.0 Å². The second-order valence-corrected chi connectivity index (χ2v) is 15.8. The minimum Gasteiger partial charge on any atom is -0.501 e. The van der Waals surface area contributed by atoms with Crippen LogP contribution in [0.2, 0.25) is 0 Å². The first-order chi connectivity index (χ1) is 22.1. The van der Waals surface area contributed by atoms with Crippen molar-refractivity contribution < 1.29 is 32.3 Å². The lowest BCUT2D eigenvalue weighted by Crippen LogP contribution is -2.54. The van der Waals surface area contributed by atoms with Crippen LogP contribution in [0.1, 0.15) is 72.4 Å². The van der Waals surface area contributed by atoms with Gasteiger partial charge in [-0.15, -0.1) is 0 Å². The molecule has 3 N–H and O–H groups in total. The van der Waals surface area contributed by atoms with Gasteiger partial charge in [0.25, 0.3) is 11.5 Å². The van der Waals surface area contributed by atoms with Crippen molar-refractivity contribution in [3.63, 3.8) is 0 Å². The van der Waals surface area contributed by atoms with Gasteiger partial charge in [-0.3, -0.25) is 23.7 Å². The fraction of sp³-hybridized carbons (Fsp3) is 0.594. The van der Waals surface area contributed by atoms with Gasteiger partial charge >= 0.3 is 11.8 Å². The second kappa shape index (κ2) is 13.3. The molecular formula is C32H43FN6O7S. The lowest BCUT2D eigenvalue weighted by Gasteiger charge is -2.42. The van der Waals surface area contributed by atoms with Crippen LogP contribution < -0.4 is 16.2 Å². The molecular weight excluding hydrogens is 631 g/mol. The Morgan fingerprint density at radius 2 is 1.77 bits per heavy atom. The Hall–Kier alpha value is -3.85. The highest BCUT2D eigenvalue weighted by atomic mass is 32.2. The van der Waals surface area contributed by atoms with Crippen LogP contribution in [-0.2, 0) is 38.1 Å². The summed E-state index contributed by atoms with van der Waals surface area (Å²) in [5, 5.41) is 16.5. The number of nitrogens with zero attached hydrogens (tertiary/aromatic N) is 4. The third-order valence-electron chi connectivity index (χ3n) is 9.94. The zero-order valence-corrected chi connectivity index (χ0v) is 27.9. The second-order valence-electron chi connectivity index (χ2n) is 13.5. The van der Waals surface area contributed by atoms with E-state index in [0.29, 0.717) is 49.9 Å². The van der Waals surface area contributed by atoms with E-state index in [2.05, 4.69) is 20.5 Å². The molecule has 2 fully saturated rings. The number of benzene rings is 1. The van der Waals surface area contributed by atoms with E-state index in [1.165, 1.54) is 30.8 Å². The Balaban J connectivity index is 1.40. The van der Waals surface area contributed by atoms with Gasteiger partial charge in [0.1, 0.15) is 11.6 Å². The van der Waals surface area contributed by atoms with Crippen molar-refractivity contribution in [3.05, 3.63) is 57.0 Å². The summed E-state index contributed by atoms with van der Waals surface area (Å²) in [4.78, 5) is 60.6. The lowest BCUT2D eigenvalue weighted by atomic mass is 9.66. The van der Waals surface area contributed by atoms with Crippen LogP contribution in [0.3, 0.4) is 0 Å². The van der Waals surface area contributed by atoms with E-state index in [1.54, 1.807) is 13.0 Å². The molecule has 0 spiro atoms.